The predicted octanol–water partition coefficient (Wildman–Crippen LogP) is 6.72. The Bertz CT molecular complexity index is 1320. The lowest BCUT2D eigenvalue weighted by Crippen LogP contribution is -2.14. The van der Waals surface area contributed by atoms with Gasteiger partial charge in [-0.25, -0.2) is 4.98 Å². The van der Waals surface area contributed by atoms with Crippen LogP contribution in [-0.2, 0) is 6.42 Å². The predicted molar refractivity (Wildman–Crippen MR) is 131 cm³/mol. The van der Waals surface area contributed by atoms with Gasteiger partial charge < -0.3 is 10.7 Å². The van der Waals surface area contributed by atoms with Gasteiger partial charge in [-0.15, -0.1) is 0 Å². The zero-order valence-electron chi connectivity index (χ0n) is 17.8. The van der Waals surface area contributed by atoms with Crippen molar-refractivity contribution in [3.05, 3.63) is 90.6 Å². The molecule has 0 spiro atoms. The highest BCUT2D eigenvalue weighted by molar-refractivity contribution is 6.07. The first-order valence-corrected chi connectivity index (χ1v) is 11.0. The zero-order chi connectivity index (χ0) is 21.2. The van der Waals surface area contributed by atoms with Crippen molar-refractivity contribution in [2.45, 2.75) is 32.2 Å². The number of fused-ring (bicyclic) bond motifs is 3. The second-order valence-electron chi connectivity index (χ2n) is 8.40. The van der Waals surface area contributed by atoms with Crippen LogP contribution in [0.4, 0.5) is 0 Å². The molecule has 31 heavy (non-hydrogen) atoms. The average Bonchev–Trinajstić information content (AvgIpc) is 3.16. The molecule has 0 radical (unpaired) electrons. The SMILES string of the molecule is CC(N)CCCc1ccc2c(n1)[nH]c1ccc(-c3ccc(-c4ccccc4)cc3)cc12. The van der Waals surface area contributed by atoms with Gasteiger partial charge in [0, 0.05) is 28.0 Å². The van der Waals surface area contributed by atoms with Crippen LogP contribution in [0, 0.1) is 0 Å². The fourth-order valence-electron chi connectivity index (χ4n) is 4.23. The van der Waals surface area contributed by atoms with Crippen molar-refractivity contribution in [2.24, 2.45) is 5.73 Å². The number of rotatable bonds is 6. The molecule has 154 valence electrons. The Balaban J connectivity index is 1.44. The van der Waals surface area contributed by atoms with Crippen molar-refractivity contribution in [3.63, 3.8) is 0 Å². The van der Waals surface area contributed by atoms with E-state index in [2.05, 4.69) is 90.8 Å². The van der Waals surface area contributed by atoms with Gasteiger partial charge in [-0.2, -0.15) is 0 Å². The Labute approximate surface area is 183 Å². The van der Waals surface area contributed by atoms with Crippen LogP contribution in [0.1, 0.15) is 25.5 Å². The molecule has 0 amide bonds. The van der Waals surface area contributed by atoms with E-state index in [1.807, 2.05) is 6.07 Å². The molecule has 3 N–H and O–H groups in total. The van der Waals surface area contributed by atoms with Crippen LogP contribution < -0.4 is 5.73 Å². The molecular formula is C28H27N3. The summed E-state index contributed by atoms with van der Waals surface area (Å²) in [6, 6.07) is 30.5. The maximum Gasteiger partial charge on any atom is 0.138 e. The second kappa shape index (κ2) is 8.37. The smallest absolute Gasteiger partial charge is 0.138 e. The molecule has 0 aliphatic rings. The van der Waals surface area contributed by atoms with E-state index in [1.54, 1.807) is 0 Å². The standard InChI is InChI=1S/C28H27N3/c1-19(29)6-5-9-24-15-16-25-26-18-23(14-17-27(26)31-28(25)30-24)22-12-10-21(11-13-22)20-7-3-2-4-8-20/h2-4,7-8,10-19H,5-6,9,29H2,1H3,(H,30,31). The van der Waals surface area contributed by atoms with E-state index < -0.39 is 0 Å². The number of hydrogen-bond acceptors (Lipinski definition) is 2. The van der Waals surface area contributed by atoms with Crippen molar-refractivity contribution in [2.75, 3.05) is 0 Å². The van der Waals surface area contributed by atoms with E-state index in [0.29, 0.717) is 0 Å². The molecule has 1 atom stereocenters. The third-order valence-corrected chi connectivity index (χ3v) is 5.93. The first-order chi connectivity index (χ1) is 15.2. The fourth-order valence-corrected chi connectivity index (χ4v) is 4.23. The molecule has 2 heterocycles. The van der Waals surface area contributed by atoms with Gasteiger partial charge in [-0.3, -0.25) is 0 Å². The molecule has 2 aromatic heterocycles. The van der Waals surface area contributed by atoms with Gasteiger partial charge in [0.15, 0.2) is 0 Å². The van der Waals surface area contributed by atoms with Crippen LogP contribution in [0.25, 0.3) is 44.2 Å². The molecular weight excluding hydrogens is 378 g/mol. The highest BCUT2D eigenvalue weighted by Gasteiger charge is 2.09. The summed E-state index contributed by atoms with van der Waals surface area (Å²) in [4.78, 5) is 8.35. The molecule has 3 heteroatoms. The van der Waals surface area contributed by atoms with Gasteiger partial charge in [0.05, 0.1) is 0 Å². The summed E-state index contributed by atoms with van der Waals surface area (Å²) in [5, 5.41) is 2.39. The Kier molecular flexibility index (Phi) is 5.27. The van der Waals surface area contributed by atoms with Gasteiger partial charge in [0.25, 0.3) is 0 Å². The summed E-state index contributed by atoms with van der Waals surface area (Å²) < 4.78 is 0. The lowest BCUT2D eigenvalue weighted by molar-refractivity contribution is 0.620. The molecule has 0 aliphatic heterocycles. The van der Waals surface area contributed by atoms with E-state index in [9.17, 15) is 0 Å². The Morgan fingerprint density at radius 3 is 2.19 bits per heavy atom. The van der Waals surface area contributed by atoms with Crippen LogP contribution in [-0.4, -0.2) is 16.0 Å². The minimum absolute atomic E-state index is 0.247. The molecule has 0 saturated carbocycles. The van der Waals surface area contributed by atoms with E-state index >= 15 is 0 Å². The number of nitrogens with zero attached hydrogens (tertiary/aromatic N) is 1. The number of H-pyrrole nitrogens is 1. The molecule has 5 aromatic rings. The Hall–Kier alpha value is -3.43. The maximum absolute atomic E-state index is 5.87. The minimum atomic E-state index is 0.247. The molecule has 5 rings (SSSR count). The van der Waals surface area contributed by atoms with E-state index in [4.69, 9.17) is 10.7 Å². The summed E-state index contributed by atoms with van der Waals surface area (Å²) in [6.45, 7) is 2.06. The molecule has 0 bridgehead atoms. The Morgan fingerprint density at radius 2 is 1.45 bits per heavy atom. The number of aromatic amines is 1. The molecule has 0 aliphatic carbocycles. The summed E-state index contributed by atoms with van der Waals surface area (Å²) in [5.41, 5.74) is 14.0. The van der Waals surface area contributed by atoms with Crippen LogP contribution in [0.15, 0.2) is 84.9 Å². The number of nitrogens with two attached hydrogens (primary N) is 1. The number of benzene rings is 3. The highest BCUT2D eigenvalue weighted by atomic mass is 14.9. The number of aromatic nitrogens is 2. The highest BCUT2D eigenvalue weighted by Crippen LogP contribution is 2.31. The van der Waals surface area contributed by atoms with Crippen molar-refractivity contribution in [3.8, 4) is 22.3 Å². The largest absolute Gasteiger partial charge is 0.339 e. The van der Waals surface area contributed by atoms with Gasteiger partial charge in [-0.1, -0.05) is 60.7 Å². The molecule has 0 saturated heterocycles. The third kappa shape index (κ3) is 4.10. The summed E-state index contributed by atoms with van der Waals surface area (Å²) in [5.74, 6) is 0. The average molecular weight is 406 g/mol. The minimum Gasteiger partial charge on any atom is -0.339 e. The zero-order valence-corrected chi connectivity index (χ0v) is 17.8. The number of aryl methyl sites for hydroxylation is 1. The summed E-state index contributed by atoms with van der Waals surface area (Å²) >= 11 is 0. The molecule has 3 nitrogen and oxygen atoms in total. The number of pyridine rings is 1. The monoisotopic (exact) mass is 405 g/mol. The number of nitrogens with one attached hydrogen (secondary N) is 1. The first kappa shape index (κ1) is 19.5. The van der Waals surface area contributed by atoms with Gasteiger partial charge in [0.2, 0.25) is 0 Å². The van der Waals surface area contributed by atoms with Crippen LogP contribution in [0.2, 0.25) is 0 Å². The summed E-state index contributed by atoms with van der Waals surface area (Å²) in [7, 11) is 0. The lowest BCUT2D eigenvalue weighted by atomic mass is 9.99. The van der Waals surface area contributed by atoms with Crippen LogP contribution >= 0.6 is 0 Å². The van der Waals surface area contributed by atoms with Crippen molar-refractivity contribution >= 4 is 21.9 Å². The third-order valence-electron chi connectivity index (χ3n) is 5.93. The fraction of sp³-hybridized carbons (Fsp3) is 0.179. The van der Waals surface area contributed by atoms with Crippen LogP contribution in [0.5, 0.6) is 0 Å². The van der Waals surface area contributed by atoms with Gasteiger partial charge >= 0.3 is 0 Å². The second-order valence-corrected chi connectivity index (χ2v) is 8.40. The quantitative estimate of drug-likeness (QED) is 0.329. The van der Waals surface area contributed by atoms with E-state index in [0.717, 1.165) is 36.1 Å². The first-order valence-electron chi connectivity index (χ1n) is 11.0. The van der Waals surface area contributed by atoms with Crippen molar-refractivity contribution < 1.29 is 0 Å². The van der Waals surface area contributed by atoms with Crippen LogP contribution in [0.3, 0.4) is 0 Å². The number of hydrogen-bond donors (Lipinski definition) is 2. The van der Waals surface area contributed by atoms with E-state index in [-0.39, 0.29) is 6.04 Å². The molecule has 1 unspecified atom stereocenters. The molecule has 0 fully saturated rings. The van der Waals surface area contributed by atoms with Gasteiger partial charge in [-0.05, 0) is 72.7 Å². The van der Waals surface area contributed by atoms with Crippen molar-refractivity contribution in [1.82, 2.24) is 9.97 Å². The lowest BCUT2D eigenvalue weighted by Gasteiger charge is -2.06. The molecule has 3 aromatic carbocycles. The van der Waals surface area contributed by atoms with Crippen molar-refractivity contribution in [1.29, 1.82) is 0 Å². The topological polar surface area (TPSA) is 54.7 Å². The Morgan fingerprint density at radius 1 is 0.774 bits per heavy atom. The van der Waals surface area contributed by atoms with E-state index in [1.165, 1.54) is 33.0 Å². The maximum atomic E-state index is 5.87. The van der Waals surface area contributed by atoms with Gasteiger partial charge in [0.1, 0.15) is 5.65 Å². The summed E-state index contributed by atoms with van der Waals surface area (Å²) in [6.07, 6.45) is 3.06. The normalized spacial score (nSPS) is 12.5.